The van der Waals surface area contributed by atoms with Gasteiger partial charge in [0.1, 0.15) is 5.69 Å². The minimum absolute atomic E-state index is 0.0922. The Labute approximate surface area is 128 Å². The highest BCUT2D eigenvalue weighted by Crippen LogP contribution is 2.19. The van der Waals surface area contributed by atoms with Crippen LogP contribution in [0.5, 0.6) is 0 Å². The number of carbonyl (C=O) groups is 2. The topological polar surface area (TPSA) is 82.2 Å². The number of carboxylic acid groups (broad SMARTS) is 1. The fourth-order valence-electron chi connectivity index (χ4n) is 2.18. The van der Waals surface area contributed by atoms with E-state index in [-0.39, 0.29) is 11.6 Å². The molecular weight excluding hydrogens is 280 g/mol. The molecule has 2 aromatic rings. The zero-order valence-corrected chi connectivity index (χ0v) is 12.7. The van der Waals surface area contributed by atoms with Crippen LogP contribution in [0.3, 0.4) is 0 Å². The van der Waals surface area contributed by atoms with E-state index in [0.717, 1.165) is 16.8 Å². The first-order valence-electron chi connectivity index (χ1n) is 6.86. The quantitative estimate of drug-likeness (QED) is 0.757. The number of aromatic carboxylic acids is 1. The van der Waals surface area contributed by atoms with Crippen LogP contribution < -0.4 is 5.32 Å². The second-order valence-electron chi connectivity index (χ2n) is 5.16. The van der Waals surface area contributed by atoms with Crippen molar-refractivity contribution in [3.63, 3.8) is 0 Å². The summed E-state index contributed by atoms with van der Waals surface area (Å²) in [5, 5.41) is 11.9. The Morgan fingerprint density at radius 2 is 1.95 bits per heavy atom. The van der Waals surface area contributed by atoms with Gasteiger partial charge in [-0.1, -0.05) is 12.1 Å². The zero-order chi connectivity index (χ0) is 16.3. The number of aromatic amines is 1. The van der Waals surface area contributed by atoms with Crippen LogP contribution in [0.1, 0.15) is 32.9 Å². The lowest BCUT2D eigenvalue weighted by Gasteiger charge is -2.03. The lowest BCUT2D eigenvalue weighted by Crippen LogP contribution is -2.08. The van der Waals surface area contributed by atoms with Crippen molar-refractivity contribution in [2.24, 2.45) is 0 Å². The molecule has 0 atom stereocenters. The maximum absolute atomic E-state index is 11.9. The molecule has 0 spiro atoms. The van der Waals surface area contributed by atoms with E-state index in [4.69, 9.17) is 5.11 Å². The summed E-state index contributed by atoms with van der Waals surface area (Å²) in [6.45, 7) is 5.55. The predicted molar refractivity (Wildman–Crippen MR) is 86.1 cm³/mol. The molecule has 0 bridgehead atoms. The molecule has 2 rings (SSSR count). The minimum atomic E-state index is -1.05. The fraction of sp³-hybridized carbons (Fsp3) is 0.176. The average molecular weight is 298 g/mol. The molecule has 3 N–H and O–H groups in total. The van der Waals surface area contributed by atoms with E-state index in [2.05, 4.69) is 10.3 Å². The molecule has 0 radical (unpaired) electrons. The summed E-state index contributed by atoms with van der Waals surface area (Å²) in [4.78, 5) is 25.9. The molecule has 1 aromatic heterocycles. The third kappa shape index (κ3) is 3.44. The van der Waals surface area contributed by atoms with Crippen LogP contribution in [-0.2, 0) is 4.79 Å². The maximum atomic E-state index is 11.9. The van der Waals surface area contributed by atoms with E-state index in [1.165, 1.54) is 12.2 Å². The van der Waals surface area contributed by atoms with Gasteiger partial charge in [-0.25, -0.2) is 4.79 Å². The Kier molecular flexibility index (Phi) is 4.46. The van der Waals surface area contributed by atoms with Crippen LogP contribution in [0, 0.1) is 20.8 Å². The normalized spacial score (nSPS) is 10.9. The van der Waals surface area contributed by atoms with Crippen LogP contribution >= 0.6 is 0 Å². The van der Waals surface area contributed by atoms with Gasteiger partial charge in [0.05, 0.1) is 0 Å². The van der Waals surface area contributed by atoms with Crippen LogP contribution in [-0.4, -0.2) is 22.0 Å². The lowest BCUT2D eigenvalue weighted by atomic mass is 10.1. The van der Waals surface area contributed by atoms with Crippen molar-refractivity contribution >= 4 is 23.6 Å². The maximum Gasteiger partial charge on any atom is 0.352 e. The molecule has 1 aromatic carbocycles. The van der Waals surface area contributed by atoms with Gasteiger partial charge in [0.15, 0.2) is 0 Å². The monoisotopic (exact) mass is 298 g/mol. The summed E-state index contributed by atoms with van der Waals surface area (Å²) in [5.41, 5.74) is 3.95. The molecular formula is C17H18N2O3. The number of carboxylic acids is 1. The number of aromatic nitrogens is 1. The number of H-pyrrole nitrogens is 1. The summed E-state index contributed by atoms with van der Waals surface area (Å²) >= 11 is 0. The second-order valence-corrected chi connectivity index (χ2v) is 5.16. The number of nitrogens with one attached hydrogen (secondary N) is 2. The van der Waals surface area contributed by atoms with Gasteiger partial charge in [0, 0.05) is 23.0 Å². The number of amides is 1. The number of aryl methyl sites for hydroxylation is 2. The molecule has 5 heteroatoms. The van der Waals surface area contributed by atoms with E-state index in [9.17, 15) is 9.59 Å². The molecule has 5 nitrogen and oxygen atoms in total. The Bertz CT molecular complexity index is 757. The van der Waals surface area contributed by atoms with Crippen LogP contribution in [0.15, 0.2) is 30.3 Å². The standard InChI is InChI=1S/C17H18N2O3/c1-10-5-4-6-13(9-10)19-15(20)8-7-14-11(2)12(3)18-16(14)17(21)22/h4-9,18H,1-3H3,(H,19,20)(H,21,22)/b8-7+. The highest BCUT2D eigenvalue weighted by Gasteiger charge is 2.15. The van der Waals surface area contributed by atoms with E-state index in [0.29, 0.717) is 11.3 Å². The molecule has 0 aliphatic heterocycles. The Balaban J connectivity index is 2.18. The summed E-state index contributed by atoms with van der Waals surface area (Å²) in [7, 11) is 0. The van der Waals surface area contributed by atoms with Crippen molar-refractivity contribution in [2.75, 3.05) is 5.32 Å². The lowest BCUT2D eigenvalue weighted by molar-refractivity contribution is -0.111. The number of benzene rings is 1. The number of hydrogen-bond donors (Lipinski definition) is 3. The van der Waals surface area contributed by atoms with Gasteiger partial charge >= 0.3 is 5.97 Å². The first kappa shape index (κ1) is 15.6. The average Bonchev–Trinajstić information content (AvgIpc) is 2.73. The molecule has 0 saturated carbocycles. The van der Waals surface area contributed by atoms with Crippen molar-refractivity contribution in [1.29, 1.82) is 0 Å². The number of carbonyl (C=O) groups excluding carboxylic acids is 1. The third-order valence-corrected chi connectivity index (χ3v) is 3.45. The Morgan fingerprint density at radius 1 is 1.23 bits per heavy atom. The highest BCUT2D eigenvalue weighted by molar-refractivity contribution is 6.03. The van der Waals surface area contributed by atoms with Gasteiger partial charge in [-0.05, 0) is 50.1 Å². The second kappa shape index (κ2) is 6.30. The first-order valence-corrected chi connectivity index (χ1v) is 6.86. The molecule has 22 heavy (non-hydrogen) atoms. The van der Waals surface area contributed by atoms with E-state index in [1.54, 1.807) is 13.0 Å². The number of hydrogen-bond acceptors (Lipinski definition) is 2. The van der Waals surface area contributed by atoms with Crippen LogP contribution in [0.25, 0.3) is 6.08 Å². The molecule has 0 fully saturated rings. The Hall–Kier alpha value is -2.82. The SMILES string of the molecule is Cc1cccc(NC(=O)/C=C/c2c(C(=O)O)[nH]c(C)c2C)c1. The van der Waals surface area contributed by atoms with Gasteiger partial charge in [-0.3, -0.25) is 4.79 Å². The van der Waals surface area contributed by atoms with Gasteiger partial charge in [-0.2, -0.15) is 0 Å². The van der Waals surface area contributed by atoms with Crippen LogP contribution in [0.2, 0.25) is 0 Å². The minimum Gasteiger partial charge on any atom is -0.477 e. The predicted octanol–water partition coefficient (Wildman–Crippen LogP) is 3.29. The van der Waals surface area contributed by atoms with Gasteiger partial charge in [-0.15, -0.1) is 0 Å². The highest BCUT2D eigenvalue weighted by atomic mass is 16.4. The summed E-state index contributed by atoms with van der Waals surface area (Å²) in [6, 6.07) is 7.46. The summed E-state index contributed by atoms with van der Waals surface area (Å²) in [5.74, 6) is -1.35. The summed E-state index contributed by atoms with van der Waals surface area (Å²) in [6.07, 6.45) is 2.86. The molecule has 0 saturated heterocycles. The number of anilines is 1. The van der Waals surface area contributed by atoms with Crippen molar-refractivity contribution in [3.05, 3.63) is 58.4 Å². The van der Waals surface area contributed by atoms with Crippen molar-refractivity contribution in [2.45, 2.75) is 20.8 Å². The molecule has 0 aliphatic rings. The van der Waals surface area contributed by atoms with E-state index >= 15 is 0 Å². The van der Waals surface area contributed by atoms with E-state index in [1.807, 2.05) is 32.0 Å². The first-order chi connectivity index (χ1) is 10.4. The zero-order valence-electron chi connectivity index (χ0n) is 12.7. The van der Waals surface area contributed by atoms with Crippen molar-refractivity contribution < 1.29 is 14.7 Å². The van der Waals surface area contributed by atoms with Gasteiger partial charge < -0.3 is 15.4 Å². The van der Waals surface area contributed by atoms with E-state index < -0.39 is 5.97 Å². The van der Waals surface area contributed by atoms with Crippen LogP contribution in [0.4, 0.5) is 5.69 Å². The van der Waals surface area contributed by atoms with Crippen molar-refractivity contribution in [1.82, 2.24) is 4.98 Å². The smallest absolute Gasteiger partial charge is 0.352 e. The largest absolute Gasteiger partial charge is 0.477 e. The summed E-state index contributed by atoms with van der Waals surface area (Å²) < 4.78 is 0. The molecule has 114 valence electrons. The molecule has 1 amide bonds. The fourth-order valence-corrected chi connectivity index (χ4v) is 2.18. The van der Waals surface area contributed by atoms with Gasteiger partial charge in [0.25, 0.3) is 0 Å². The third-order valence-electron chi connectivity index (χ3n) is 3.45. The molecule has 1 heterocycles. The van der Waals surface area contributed by atoms with Crippen molar-refractivity contribution in [3.8, 4) is 0 Å². The van der Waals surface area contributed by atoms with Gasteiger partial charge in [0.2, 0.25) is 5.91 Å². The Morgan fingerprint density at radius 3 is 2.59 bits per heavy atom. The molecule has 0 aliphatic carbocycles. The number of rotatable bonds is 4. The molecule has 0 unspecified atom stereocenters.